The number of hydrogen-bond acceptors (Lipinski definition) is 1. The van der Waals surface area contributed by atoms with E-state index in [0.29, 0.717) is 11.8 Å². The van der Waals surface area contributed by atoms with Crippen molar-refractivity contribution in [1.82, 2.24) is 5.32 Å². The Morgan fingerprint density at radius 1 is 1.19 bits per heavy atom. The van der Waals surface area contributed by atoms with Crippen LogP contribution in [-0.4, -0.2) is 13.1 Å². The van der Waals surface area contributed by atoms with E-state index in [-0.39, 0.29) is 5.82 Å². The highest BCUT2D eigenvalue weighted by Crippen LogP contribution is 2.43. The molecule has 118 valence electrons. The molecule has 1 aliphatic rings. The van der Waals surface area contributed by atoms with Crippen LogP contribution in [0.5, 0.6) is 0 Å². The van der Waals surface area contributed by atoms with Crippen LogP contribution in [0.3, 0.4) is 0 Å². The summed E-state index contributed by atoms with van der Waals surface area (Å²) in [6, 6.07) is 3.85. The smallest absolute Gasteiger partial charge is 0.127 e. The average Bonchev–Trinajstić information content (AvgIpc) is 2.44. The van der Waals surface area contributed by atoms with Gasteiger partial charge in [0.1, 0.15) is 5.82 Å². The second kappa shape index (κ2) is 7.40. The van der Waals surface area contributed by atoms with Crippen molar-refractivity contribution >= 4 is 0 Å². The van der Waals surface area contributed by atoms with Crippen LogP contribution in [0.2, 0.25) is 0 Å². The van der Waals surface area contributed by atoms with Gasteiger partial charge in [-0.05, 0) is 80.3 Å². The highest BCUT2D eigenvalue weighted by molar-refractivity contribution is 5.35. The summed E-state index contributed by atoms with van der Waals surface area (Å²) in [7, 11) is 0. The molecular weight excluding hydrogens is 261 g/mol. The highest BCUT2D eigenvalue weighted by atomic mass is 19.1. The minimum absolute atomic E-state index is 0.00996. The largest absolute Gasteiger partial charge is 0.317 e. The molecule has 3 unspecified atom stereocenters. The summed E-state index contributed by atoms with van der Waals surface area (Å²) in [5.41, 5.74) is 3.15. The third-order valence-electron chi connectivity index (χ3n) is 5.19. The molecule has 0 saturated heterocycles. The first-order chi connectivity index (χ1) is 10.1. The topological polar surface area (TPSA) is 12.0 Å². The van der Waals surface area contributed by atoms with Crippen molar-refractivity contribution in [3.05, 3.63) is 34.6 Å². The summed E-state index contributed by atoms with van der Waals surface area (Å²) in [5.74, 6) is 1.72. The van der Waals surface area contributed by atoms with E-state index in [2.05, 4.69) is 32.2 Å². The molecule has 1 saturated carbocycles. The predicted octanol–water partition coefficient (Wildman–Crippen LogP) is 4.96. The second-order valence-corrected chi connectivity index (χ2v) is 6.74. The van der Waals surface area contributed by atoms with Crippen LogP contribution in [0.4, 0.5) is 4.39 Å². The van der Waals surface area contributed by atoms with Gasteiger partial charge in [0.2, 0.25) is 0 Å². The number of benzene rings is 1. The Bertz CT molecular complexity index is 446. The summed E-state index contributed by atoms with van der Waals surface area (Å²) in [6.07, 6.45) is 4.89. The van der Waals surface area contributed by atoms with E-state index in [9.17, 15) is 4.39 Å². The summed E-state index contributed by atoms with van der Waals surface area (Å²) in [6.45, 7) is 10.5. The molecule has 0 amide bonds. The fraction of sp³-hybridized carbons (Fsp3) is 0.684. The van der Waals surface area contributed by atoms with Crippen molar-refractivity contribution in [2.45, 2.75) is 59.3 Å². The number of aryl methyl sites for hydroxylation is 2. The maximum absolute atomic E-state index is 14.6. The third kappa shape index (κ3) is 3.85. The summed E-state index contributed by atoms with van der Waals surface area (Å²) in [4.78, 5) is 0. The number of halogens is 1. The summed E-state index contributed by atoms with van der Waals surface area (Å²) in [5, 5.41) is 3.48. The number of hydrogen-bond donors (Lipinski definition) is 1. The van der Waals surface area contributed by atoms with Crippen LogP contribution in [0.1, 0.15) is 62.1 Å². The molecule has 0 spiro atoms. The molecular formula is C19H30FN. The quantitative estimate of drug-likeness (QED) is 0.808. The lowest BCUT2D eigenvalue weighted by Gasteiger charge is -2.37. The SMILES string of the molecule is CCNCC1CCC(CC)CC1c1c(C)cc(C)cc1F. The summed E-state index contributed by atoms with van der Waals surface area (Å²) < 4.78 is 14.6. The maximum Gasteiger partial charge on any atom is 0.127 e. The molecule has 1 aliphatic carbocycles. The summed E-state index contributed by atoms with van der Waals surface area (Å²) >= 11 is 0. The van der Waals surface area contributed by atoms with Crippen molar-refractivity contribution in [3.63, 3.8) is 0 Å². The first-order valence-corrected chi connectivity index (χ1v) is 8.54. The Morgan fingerprint density at radius 3 is 2.57 bits per heavy atom. The minimum Gasteiger partial charge on any atom is -0.317 e. The van der Waals surface area contributed by atoms with Crippen molar-refractivity contribution in [1.29, 1.82) is 0 Å². The van der Waals surface area contributed by atoms with Gasteiger partial charge < -0.3 is 5.32 Å². The molecule has 1 N–H and O–H groups in total. The van der Waals surface area contributed by atoms with Gasteiger partial charge in [-0.25, -0.2) is 4.39 Å². The lowest BCUT2D eigenvalue weighted by molar-refractivity contribution is 0.222. The van der Waals surface area contributed by atoms with E-state index in [4.69, 9.17) is 0 Å². The molecule has 1 aromatic carbocycles. The van der Waals surface area contributed by atoms with Gasteiger partial charge >= 0.3 is 0 Å². The normalized spacial score (nSPS) is 26.0. The van der Waals surface area contributed by atoms with Crippen molar-refractivity contribution in [2.75, 3.05) is 13.1 Å². The van der Waals surface area contributed by atoms with Gasteiger partial charge in [-0.15, -0.1) is 0 Å². The van der Waals surface area contributed by atoms with Crippen molar-refractivity contribution < 1.29 is 4.39 Å². The fourth-order valence-electron chi connectivity index (χ4n) is 4.02. The van der Waals surface area contributed by atoms with Crippen LogP contribution in [0.15, 0.2) is 12.1 Å². The van der Waals surface area contributed by atoms with Crippen LogP contribution >= 0.6 is 0 Å². The molecule has 1 aromatic rings. The molecule has 3 atom stereocenters. The van der Waals surface area contributed by atoms with E-state index in [0.717, 1.165) is 42.1 Å². The Balaban J connectivity index is 2.30. The molecule has 0 aliphatic heterocycles. The second-order valence-electron chi connectivity index (χ2n) is 6.74. The molecule has 0 radical (unpaired) electrons. The van der Waals surface area contributed by atoms with Crippen LogP contribution in [0.25, 0.3) is 0 Å². The molecule has 0 aromatic heterocycles. The zero-order valence-electron chi connectivity index (χ0n) is 14.0. The van der Waals surface area contributed by atoms with Crippen LogP contribution in [-0.2, 0) is 0 Å². The van der Waals surface area contributed by atoms with Gasteiger partial charge in [0.05, 0.1) is 0 Å². The monoisotopic (exact) mass is 291 g/mol. The van der Waals surface area contributed by atoms with E-state index in [1.807, 2.05) is 6.92 Å². The van der Waals surface area contributed by atoms with E-state index in [1.54, 1.807) is 6.07 Å². The lowest BCUT2D eigenvalue weighted by Crippen LogP contribution is -2.32. The number of rotatable bonds is 5. The fourth-order valence-corrected chi connectivity index (χ4v) is 4.02. The Hall–Kier alpha value is -0.890. The van der Waals surface area contributed by atoms with Crippen LogP contribution < -0.4 is 5.32 Å². The lowest BCUT2D eigenvalue weighted by atomic mass is 9.69. The zero-order chi connectivity index (χ0) is 15.4. The maximum atomic E-state index is 14.6. The van der Waals surface area contributed by atoms with Gasteiger partial charge in [-0.2, -0.15) is 0 Å². The average molecular weight is 291 g/mol. The van der Waals surface area contributed by atoms with Gasteiger partial charge in [0.15, 0.2) is 0 Å². The minimum atomic E-state index is 0.00996. The van der Waals surface area contributed by atoms with Gasteiger partial charge in [-0.3, -0.25) is 0 Å². The molecule has 0 bridgehead atoms. The Morgan fingerprint density at radius 2 is 1.95 bits per heavy atom. The number of nitrogens with one attached hydrogen (secondary N) is 1. The zero-order valence-corrected chi connectivity index (χ0v) is 14.0. The Kier molecular flexibility index (Phi) is 5.80. The molecule has 2 rings (SSSR count). The van der Waals surface area contributed by atoms with Gasteiger partial charge in [0.25, 0.3) is 0 Å². The molecule has 2 heteroatoms. The van der Waals surface area contributed by atoms with Crippen molar-refractivity contribution in [3.8, 4) is 0 Å². The highest BCUT2D eigenvalue weighted by Gasteiger charge is 2.33. The standard InChI is InChI=1S/C19H30FN/c1-5-15-7-8-16(12-21-6-2)17(11-15)19-14(4)9-13(3)10-18(19)20/h9-10,15-17,21H,5-8,11-12H2,1-4H3. The third-order valence-corrected chi connectivity index (χ3v) is 5.19. The molecule has 21 heavy (non-hydrogen) atoms. The van der Waals surface area contributed by atoms with E-state index in [1.165, 1.54) is 19.3 Å². The molecule has 0 heterocycles. The van der Waals surface area contributed by atoms with Gasteiger partial charge in [0, 0.05) is 0 Å². The molecule has 1 nitrogen and oxygen atoms in total. The van der Waals surface area contributed by atoms with Gasteiger partial charge in [-0.1, -0.05) is 32.8 Å². The van der Waals surface area contributed by atoms with Crippen molar-refractivity contribution in [2.24, 2.45) is 11.8 Å². The molecule has 1 fully saturated rings. The Labute approximate surface area is 129 Å². The van der Waals surface area contributed by atoms with E-state index < -0.39 is 0 Å². The van der Waals surface area contributed by atoms with E-state index >= 15 is 0 Å². The first-order valence-electron chi connectivity index (χ1n) is 8.54. The predicted molar refractivity (Wildman–Crippen MR) is 88.3 cm³/mol. The first kappa shape index (κ1) is 16.5. The van der Waals surface area contributed by atoms with Crippen LogP contribution in [0, 0.1) is 31.5 Å².